The molecule has 0 spiro atoms. The van der Waals surface area contributed by atoms with E-state index in [0.717, 1.165) is 9.75 Å². The van der Waals surface area contributed by atoms with Crippen LogP contribution in [0.1, 0.15) is 9.75 Å². The Hall–Kier alpha value is -1.21. The molecule has 1 amide bonds. The second kappa shape index (κ2) is 6.29. The summed E-state index contributed by atoms with van der Waals surface area (Å²) in [5.74, 6) is -0.242. The van der Waals surface area contributed by atoms with Crippen molar-refractivity contribution in [3.05, 3.63) is 44.8 Å². The molecular weight excluding hydrogens is 282 g/mol. The Bertz CT molecular complexity index is 474. The predicted octanol–water partition coefficient (Wildman–Crippen LogP) is 1.81. The van der Waals surface area contributed by atoms with E-state index in [9.17, 15) is 9.90 Å². The van der Waals surface area contributed by atoms with E-state index in [2.05, 4.69) is 5.32 Å². The van der Waals surface area contributed by atoms with Gasteiger partial charge in [-0.05, 0) is 22.9 Å². The van der Waals surface area contributed by atoms with Gasteiger partial charge in [-0.25, -0.2) is 0 Å². The Balaban J connectivity index is 2.19. The number of methoxy groups -OCH3 is 1. The van der Waals surface area contributed by atoms with Gasteiger partial charge in [-0.3, -0.25) is 4.79 Å². The lowest BCUT2D eigenvalue weighted by Crippen LogP contribution is -2.41. The number of rotatable bonds is 6. The third-order valence-electron chi connectivity index (χ3n) is 2.67. The van der Waals surface area contributed by atoms with Crippen molar-refractivity contribution in [1.29, 1.82) is 0 Å². The molecule has 0 bridgehead atoms. The molecular formula is C13H15NO3S2. The number of carbonyl (C=O) groups excluding carboxylic acids is 1. The van der Waals surface area contributed by atoms with Crippen LogP contribution in [0, 0.1) is 0 Å². The number of hydrogen-bond acceptors (Lipinski definition) is 5. The van der Waals surface area contributed by atoms with Crippen LogP contribution in [0.2, 0.25) is 0 Å². The van der Waals surface area contributed by atoms with Crippen molar-refractivity contribution in [2.75, 3.05) is 20.3 Å². The summed E-state index contributed by atoms with van der Waals surface area (Å²) in [4.78, 5) is 13.1. The summed E-state index contributed by atoms with van der Waals surface area (Å²) in [6.07, 6.45) is 0. The van der Waals surface area contributed by atoms with Gasteiger partial charge in [0.1, 0.15) is 12.2 Å². The van der Waals surface area contributed by atoms with Gasteiger partial charge in [0.05, 0.1) is 6.54 Å². The van der Waals surface area contributed by atoms with Gasteiger partial charge in [-0.2, -0.15) is 0 Å². The standard InChI is InChI=1S/C13H15NO3S2/c1-17-8-12(15)14-9-13(16,10-4-2-6-18-10)11-5-3-7-19-11/h2-7,16H,8-9H2,1H3,(H,14,15). The van der Waals surface area contributed by atoms with E-state index < -0.39 is 5.60 Å². The van der Waals surface area contributed by atoms with E-state index >= 15 is 0 Å². The van der Waals surface area contributed by atoms with E-state index in [-0.39, 0.29) is 19.1 Å². The predicted molar refractivity (Wildman–Crippen MR) is 76.5 cm³/mol. The van der Waals surface area contributed by atoms with Crippen LogP contribution in [0.25, 0.3) is 0 Å². The minimum Gasteiger partial charge on any atom is -0.377 e. The van der Waals surface area contributed by atoms with Crippen LogP contribution in [0.15, 0.2) is 35.0 Å². The summed E-state index contributed by atoms with van der Waals surface area (Å²) in [6.45, 7) is 0.126. The van der Waals surface area contributed by atoms with Gasteiger partial charge < -0.3 is 15.2 Å². The van der Waals surface area contributed by atoms with Crippen LogP contribution >= 0.6 is 22.7 Å². The number of nitrogens with one attached hydrogen (secondary N) is 1. The molecule has 2 aromatic heterocycles. The quantitative estimate of drug-likeness (QED) is 0.855. The maximum atomic E-state index is 11.5. The second-order valence-electron chi connectivity index (χ2n) is 4.02. The molecule has 0 fully saturated rings. The van der Waals surface area contributed by atoms with Gasteiger partial charge in [-0.1, -0.05) is 12.1 Å². The van der Waals surface area contributed by atoms with Crippen LogP contribution < -0.4 is 5.32 Å². The number of carbonyl (C=O) groups is 1. The molecule has 102 valence electrons. The lowest BCUT2D eigenvalue weighted by molar-refractivity contribution is -0.125. The number of amides is 1. The van der Waals surface area contributed by atoms with Crippen molar-refractivity contribution in [3.63, 3.8) is 0 Å². The molecule has 2 N–H and O–H groups in total. The highest BCUT2D eigenvalue weighted by atomic mass is 32.1. The number of hydrogen-bond donors (Lipinski definition) is 2. The summed E-state index contributed by atoms with van der Waals surface area (Å²) in [5, 5.41) is 17.4. The van der Waals surface area contributed by atoms with Crippen molar-refractivity contribution in [2.24, 2.45) is 0 Å². The molecule has 0 aliphatic heterocycles. The molecule has 0 unspecified atom stereocenters. The molecule has 2 heterocycles. The maximum Gasteiger partial charge on any atom is 0.246 e. The molecule has 0 radical (unpaired) electrons. The molecule has 0 aromatic carbocycles. The molecule has 2 rings (SSSR count). The van der Waals surface area contributed by atoms with Crippen LogP contribution in [0.4, 0.5) is 0 Å². The van der Waals surface area contributed by atoms with Gasteiger partial charge >= 0.3 is 0 Å². The van der Waals surface area contributed by atoms with Gasteiger partial charge in [-0.15, -0.1) is 22.7 Å². The maximum absolute atomic E-state index is 11.5. The molecule has 0 atom stereocenters. The van der Waals surface area contributed by atoms with E-state index in [0.29, 0.717) is 0 Å². The Morgan fingerprint density at radius 1 is 1.32 bits per heavy atom. The zero-order chi connectivity index (χ0) is 13.7. The highest BCUT2D eigenvalue weighted by molar-refractivity contribution is 7.11. The summed E-state index contributed by atoms with van der Waals surface area (Å²) in [6, 6.07) is 7.50. The largest absolute Gasteiger partial charge is 0.377 e. The highest BCUT2D eigenvalue weighted by Gasteiger charge is 2.34. The Labute approximate surface area is 119 Å². The normalized spacial score (nSPS) is 11.5. The lowest BCUT2D eigenvalue weighted by Gasteiger charge is -2.26. The first kappa shape index (κ1) is 14.2. The van der Waals surface area contributed by atoms with Crippen LogP contribution in [-0.2, 0) is 15.1 Å². The molecule has 2 aromatic rings. The Morgan fingerprint density at radius 2 is 1.89 bits per heavy atom. The van der Waals surface area contributed by atoms with Gasteiger partial charge in [0, 0.05) is 16.9 Å². The average molecular weight is 297 g/mol. The SMILES string of the molecule is COCC(=O)NCC(O)(c1cccs1)c1cccs1. The lowest BCUT2D eigenvalue weighted by atomic mass is 10.00. The van der Waals surface area contributed by atoms with E-state index in [1.807, 2.05) is 35.0 Å². The number of aliphatic hydroxyl groups is 1. The monoisotopic (exact) mass is 297 g/mol. The topological polar surface area (TPSA) is 58.6 Å². The number of ether oxygens (including phenoxy) is 1. The van der Waals surface area contributed by atoms with E-state index in [1.54, 1.807) is 0 Å². The fraction of sp³-hybridized carbons (Fsp3) is 0.308. The zero-order valence-electron chi connectivity index (χ0n) is 10.5. The first-order valence-electron chi connectivity index (χ1n) is 5.73. The summed E-state index contributed by atoms with van der Waals surface area (Å²) < 4.78 is 4.76. The molecule has 19 heavy (non-hydrogen) atoms. The summed E-state index contributed by atoms with van der Waals surface area (Å²) in [5.41, 5.74) is -1.17. The van der Waals surface area contributed by atoms with Gasteiger partial charge in [0.15, 0.2) is 0 Å². The first-order chi connectivity index (χ1) is 9.16. The smallest absolute Gasteiger partial charge is 0.246 e. The van der Waals surface area contributed by atoms with Crippen LogP contribution in [0.3, 0.4) is 0 Å². The van der Waals surface area contributed by atoms with Crippen molar-refractivity contribution in [1.82, 2.24) is 5.32 Å². The molecule has 0 saturated heterocycles. The molecule has 6 heteroatoms. The van der Waals surface area contributed by atoms with Crippen LogP contribution in [-0.4, -0.2) is 31.3 Å². The first-order valence-corrected chi connectivity index (χ1v) is 7.48. The minimum absolute atomic E-state index is 0.00897. The van der Waals surface area contributed by atoms with E-state index in [4.69, 9.17) is 4.74 Å². The van der Waals surface area contributed by atoms with Crippen molar-refractivity contribution >= 4 is 28.6 Å². The second-order valence-corrected chi connectivity index (χ2v) is 5.92. The number of thiophene rings is 2. The molecule has 0 aliphatic carbocycles. The molecule has 0 aliphatic rings. The fourth-order valence-electron chi connectivity index (χ4n) is 1.73. The van der Waals surface area contributed by atoms with E-state index in [1.165, 1.54) is 29.8 Å². The Morgan fingerprint density at radius 3 is 2.32 bits per heavy atom. The third-order valence-corrected chi connectivity index (χ3v) is 4.72. The third kappa shape index (κ3) is 3.22. The fourth-order valence-corrected chi connectivity index (χ4v) is 3.47. The summed E-state index contributed by atoms with van der Waals surface area (Å²) >= 11 is 2.93. The van der Waals surface area contributed by atoms with Crippen molar-refractivity contribution < 1.29 is 14.6 Å². The zero-order valence-corrected chi connectivity index (χ0v) is 12.1. The van der Waals surface area contributed by atoms with Crippen molar-refractivity contribution in [3.8, 4) is 0 Å². The average Bonchev–Trinajstić information content (AvgIpc) is 3.08. The minimum atomic E-state index is -1.17. The van der Waals surface area contributed by atoms with Gasteiger partial charge in [0.2, 0.25) is 5.91 Å². The highest BCUT2D eigenvalue weighted by Crippen LogP contribution is 2.34. The van der Waals surface area contributed by atoms with Crippen LogP contribution in [0.5, 0.6) is 0 Å². The molecule has 4 nitrogen and oxygen atoms in total. The Kier molecular flexibility index (Phi) is 4.71. The van der Waals surface area contributed by atoms with Gasteiger partial charge in [0.25, 0.3) is 0 Å². The van der Waals surface area contributed by atoms with Crippen molar-refractivity contribution in [2.45, 2.75) is 5.60 Å². The molecule has 0 saturated carbocycles. The summed E-state index contributed by atoms with van der Waals surface area (Å²) in [7, 11) is 1.46.